The summed E-state index contributed by atoms with van der Waals surface area (Å²) in [6, 6.07) is 4.14. The summed E-state index contributed by atoms with van der Waals surface area (Å²) in [5, 5.41) is 4.92. The van der Waals surface area contributed by atoms with Crippen molar-refractivity contribution < 1.29 is 4.79 Å². The Labute approximate surface area is 104 Å². The highest BCUT2D eigenvalue weighted by Gasteiger charge is 2.02. The molecule has 0 saturated heterocycles. The molecule has 17 heavy (non-hydrogen) atoms. The Balaban J connectivity index is 1.61. The van der Waals surface area contributed by atoms with Gasteiger partial charge in [-0.25, -0.2) is 4.98 Å². The highest BCUT2D eigenvalue weighted by Crippen LogP contribution is 2.11. The van der Waals surface area contributed by atoms with Gasteiger partial charge in [0.15, 0.2) is 0 Å². The van der Waals surface area contributed by atoms with Gasteiger partial charge in [0.25, 0.3) is 0 Å². The minimum absolute atomic E-state index is 0.0937. The Kier molecular flexibility index (Phi) is 4.32. The lowest BCUT2D eigenvalue weighted by Gasteiger charge is -2.02. The molecule has 0 fully saturated rings. The number of nitrogens with one attached hydrogen (secondary N) is 2. The van der Waals surface area contributed by atoms with Crippen LogP contribution < -0.4 is 5.32 Å². The molecular weight excluding hydrogens is 234 g/mol. The molecule has 0 radical (unpaired) electrons. The van der Waals surface area contributed by atoms with Crippen molar-refractivity contribution in [3.63, 3.8) is 0 Å². The molecule has 0 spiro atoms. The lowest BCUT2D eigenvalue weighted by atomic mass is 10.2. The van der Waals surface area contributed by atoms with Gasteiger partial charge in [-0.2, -0.15) is 0 Å². The van der Waals surface area contributed by atoms with Crippen molar-refractivity contribution in [2.24, 2.45) is 0 Å². The van der Waals surface area contributed by atoms with Crippen LogP contribution in [0.2, 0.25) is 0 Å². The topological polar surface area (TPSA) is 57.8 Å². The predicted molar refractivity (Wildman–Crippen MR) is 67.7 cm³/mol. The van der Waals surface area contributed by atoms with Crippen molar-refractivity contribution in [3.05, 3.63) is 40.6 Å². The van der Waals surface area contributed by atoms with Crippen molar-refractivity contribution in [2.75, 3.05) is 0 Å². The number of thiophene rings is 1. The number of carbonyl (C=O) groups is 1. The van der Waals surface area contributed by atoms with Crippen LogP contribution in [0.15, 0.2) is 30.0 Å². The average Bonchev–Trinajstić information content (AvgIpc) is 2.99. The first-order valence-corrected chi connectivity index (χ1v) is 6.49. The molecule has 90 valence electrons. The molecule has 0 aliphatic rings. The second-order valence-electron chi connectivity index (χ2n) is 3.79. The maximum absolute atomic E-state index is 11.5. The molecule has 0 aromatic carbocycles. The molecule has 2 aromatic rings. The fourth-order valence-electron chi connectivity index (χ4n) is 1.54. The van der Waals surface area contributed by atoms with Crippen LogP contribution >= 0.6 is 11.3 Å². The minimum atomic E-state index is 0.0937. The summed E-state index contributed by atoms with van der Waals surface area (Å²) in [5.74, 6) is 0.0937. The molecule has 0 bridgehead atoms. The number of H-pyrrole nitrogens is 1. The lowest BCUT2D eigenvalue weighted by molar-refractivity contribution is -0.121. The van der Waals surface area contributed by atoms with E-state index in [1.54, 1.807) is 23.9 Å². The molecule has 0 aliphatic carbocycles. The van der Waals surface area contributed by atoms with Crippen LogP contribution in [0.25, 0.3) is 0 Å². The molecule has 2 rings (SSSR count). The SMILES string of the molecule is O=C(CCCc1cccs1)NCc1cnc[nH]1. The minimum Gasteiger partial charge on any atom is -0.350 e. The molecule has 0 saturated carbocycles. The van der Waals surface area contributed by atoms with E-state index in [1.807, 2.05) is 6.07 Å². The maximum atomic E-state index is 11.5. The first-order chi connectivity index (χ1) is 8.34. The van der Waals surface area contributed by atoms with E-state index in [2.05, 4.69) is 26.7 Å². The second kappa shape index (κ2) is 6.20. The second-order valence-corrected chi connectivity index (χ2v) is 4.82. The van der Waals surface area contributed by atoms with E-state index in [1.165, 1.54) is 4.88 Å². The number of hydrogen-bond acceptors (Lipinski definition) is 3. The van der Waals surface area contributed by atoms with Gasteiger partial charge in [0.2, 0.25) is 5.91 Å². The smallest absolute Gasteiger partial charge is 0.220 e. The molecular formula is C12H15N3OS. The normalized spacial score (nSPS) is 10.4. The average molecular weight is 249 g/mol. The molecule has 2 N–H and O–H groups in total. The van der Waals surface area contributed by atoms with E-state index < -0.39 is 0 Å². The van der Waals surface area contributed by atoms with Crippen molar-refractivity contribution in [2.45, 2.75) is 25.8 Å². The Bertz CT molecular complexity index is 436. The zero-order valence-electron chi connectivity index (χ0n) is 9.48. The van der Waals surface area contributed by atoms with E-state index >= 15 is 0 Å². The number of amides is 1. The van der Waals surface area contributed by atoms with Gasteiger partial charge < -0.3 is 10.3 Å². The number of aromatic nitrogens is 2. The summed E-state index contributed by atoms with van der Waals surface area (Å²) in [6.45, 7) is 0.526. The van der Waals surface area contributed by atoms with Crippen LogP contribution in [0.3, 0.4) is 0 Å². The number of aromatic amines is 1. The van der Waals surface area contributed by atoms with Crippen molar-refractivity contribution in [1.29, 1.82) is 0 Å². The Morgan fingerprint density at radius 2 is 2.47 bits per heavy atom. The van der Waals surface area contributed by atoms with E-state index in [9.17, 15) is 4.79 Å². The lowest BCUT2D eigenvalue weighted by Crippen LogP contribution is -2.22. The molecule has 0 aliphatic heterocycles. The molecule has 5 heteroatoms. The largest absolute Gasteiger partial charge is 0.350 e. The van der Waals surface area contributed by atoms with Crippen LogP contribution in [0.5, 0.6) is 0 Å². The van der Waals surface area contributed by atoms with Gasteiger partial charge in [-0.3, -0.25) is 4.79 Å². The number of rotatable bonds is 6. The Morgan fingerprint density at radius 3 is 3.18 bits per heavy atom. The zero-order chi connectivity index (χ0) is 11.9. The first kappa shape index (κ1) is 11.9. The van der Waals surface area contributed by atoms with Crippen LogP contribution in [0.4, 0.5) is 0 Å². The monoisotopic (exact) mass is 249 g/mol. The fraction of sp³-hybridized carbons (Fsp3) is 0.333. The van der Waals surface area contributed by atoms with Gasteiger partial charge >= 0.3 is 0 Å². The summed E-state index contributed by atoms with van der Waals surface area (Å²) < 4.78 is 0. The standard InChI is InChI=1S/C12H15N3OS/c16-12(14-8-10-7-13-9-15-10)5-1-3-11-4-2-6-17-11/h2,4,6-7,9H,1,3,5,8H2,(H,13,15)(H,14,16). The number of carbonyl (C=O) groups excluding carboxylic acids is 1. The third-order valence-corrected chi connectivity index (χ3v) is 3.37. The Hall–Kier alpha value is -1.62. The van der Waals surface area contributed by atoms with Gasteiger partial charge in [-0.1, -0.05) is 6.07 Å². The number of imidazole rings is 1. The van der Waals surface area contributed by atoms with E-state index in [0.717, 1.165) is 18.5 Å². The highest BCUT2D eigenvalue weighted by molar-refractivity contribution is 7.09. The number of nitrogens with zero attached hydrogens (tertiary/aromatic N) is 1. The molecule has 2 aromatic heterocycles. The Morgan fingerprint density at radius 1 is 1.53 bits per heavy atom. The molecule has 2 heterocycles. The van der Waals surface area contributed by atoms with Crippen molar-refractivity contribution >= 4 is 17.2 Å². The molecule has 1 amide bonds. The third-order valence-electron chi connectivity index (χ3n) is 2.44. The summed E-state index contributed by atoms with van der Waals surface area (Å²) in [7, 11) is 0. The summed E-state index contributed by atoms with van der Waals surface area (Å²) in [6.07, 6.45) is 5.78. The van der Waals surface area contributed by atoms with Crippen molar-refractivity contribution in [3.8, 4) is 0 Å². The zero-order valence-corrected chi connectivity index (χ0v) is 10.3. The summed E-state index contributed by atoms with van der Waals surface area (Å²) in [5.41, 5.74) is 0.927. The quantitative estimate of drug-likeness (QED) is 0.823. The van der Waals surface area contributed by atoms with Crippen LogP contribution in [-0.2, 0) is 17.8 Å². The van der Waals surface area contributed by atoms with E-state index in [4.69, 9.17) is 0 Å². The van der Waals surface area contributed by atoms with E-state index in [0.29, 0.717) is 13.0 Å². The van der Waals surface area contributed by atoms with Crippen LogP contribution in [-0.4, -0.2) is 15.9 Å². The maximum Gasteiger partial charge on any atom is 0.220 e. The van der Waals surface area contributed by atoms with Gasteiger partial charge in [-0.05, 0) is 24.3 Å². The van der Waals surface area contributed by atoms with Gasteiger partial charge in [0, 0.05) is 17.5 Å². The van der Waals surface area contributed by atoms with Gasteiger partial charge in [-0.15, -0.1) is 11.3 Å². The van der Waals surface area contributed by atoms with E-state index in [-0.39, 0.29) is 5.91 Å². The molecule has 4 nitrogen and oxygen atoms in total. The van der Waals surface area contributed by atoms with Crippen LogP contribution in [0, 0.1) is 0 Å². The van der Waals surface area contributed by atoms with Crippen LogP contribution in [0.1, 0.15) is 23.4 Å². The van der Waals surface area contributed by atoms with Gasteiger partial charge in [0.1, 0.15) is 0 Å². The predicted octanol–water partition coefficient (Wildman–Crippen LogP) is 2.11. The number of aryl methyl sites for hydroxylation is 1. The summed E-state index contributed by atoms with van der Waals surface area (Å²) >= 11 is 1.74. The molecule has 0 unspecified atom stereocenters. The third kappa shape index (κ3) is 4.03. The van der Waals surface area contributed by atoms with Gasteiger partial charge in [0.05, 0.1) is 18.6 Å². The summed E-state index contributed by atoms with van der Waals surface area (Å²) in [4.78, 5) is 19.7. The van der Waals surface area contributed by atoms with Crippen molar-refractivity contribution in [1.82, 2.24) is 15.3 Å². The molecule has 0 atom stereocenters. The fourth-order valence-corrected chi connectivity index (χ4v) is 2.29. The number of hydrogen-bond donors (Lipinski definition) is 2. The highest BCUT2D eigenvalue weighted by atomic mass is 32.1. The first-order valence-electron chi connectivity index (χ1n) is 5.61.